The number of halogens is 1. The van der Waals surface area contributed by atoms with E-state index in [0.29, 0.717) is 0 Å². The lowest BCUT2D eigenvalue weighted by atomic mass is 10.0. The summed E-state index contributed by atoms with van der Waals surface area (Å²) in [6.45, 7) is 6.39. The molecule has 0 heterocycles. The van der Waals surface area contributed by atoms with E-state index in [1.54, 1.807) is 0 Å². The van der Waals surface area contributed by atoms with Crippen LogP contribution in [0, 0.1) is 0 Å². The van der Waals surface area contributed by atoms with Gasteiger partial charge in [0.25, 0.3) is 0 Å². The van der Waals surface area contributed by atoms with Crippen molar-refractivity contribution in [3.05, 3.63) is 34.3 Å². The first kappa shape index (κ1) is 17.7. The van der Waals surface area contributed by atoms with Gasteiger partial charge in [0.15, 0.2) is 0 Å². The molecular formula is C17H28BrNO. The number of nitrogens with two attached hydrogens (primary N) is 1. The molecule has 3 heteroatoms. The van der Waals surface area contributed by atoms with Gasteiger partial charge in [-0.3, -0.25) is 0 Å². The van der Waals surface area contributed by atoms with Gasteiger partial charge in [-0.15, -0.1) is 0 Å². The minimum Gasteiger partial charge on any atom is -0.369 e. The fourth-order valence-electron chi connectivity index (χ4n) is 2.36. The van der Waals surface area contributed by atoms with E-state index in [9.17, 15) is 0 Å². The molecular weight excluding hydrogens is 314 g/mol. The highest BCUT2D eigenvalue weighted by Crippen LogP contribution is 2.29. The molecule has 1 aromatic carbocycles. The second kappa shape index (κ2) is 9.54. The lowest BCUT2D eigenvalue weighted by Crippen LogP contribution is -2.30. The third-order valence-corrected chi connectivity index (χ3v) is 4.25. The first-order valence-corrected chi connectivity index (χ1v) is 8.51. The molecule has 0 aliphatic heterocycles. The maximum absolute atomic E-state index is 6.20. The van der Waals surface area contributed by atoms with Crippen molar-refractivity contribution in [3.8, 4) is 0 Å². The van der Waals surface area contributed by atoms with E-state index in [-0.39, 0.29) is 18.2 Å². The minimum atomic E-state index is -0.0493. The normalized spacial score (nSPS) is 15.8. The van der Waals surface area contributed by atoms with Crippen molar-refractivity contribution in [2.75, 3.05) is 0 Å². The van der Waals surface area contributed by atoms with Gasteiger partial charge in [-0.1, -0.05) is 66.7 Å². The maximum atomic E-state index is 6.20. The third kappa shape index (κ3) is 5.94. The topological polar surface area (TPSA) is 35.2 Å². The molecule has 114 valence electrons. The summed E-state index contributed by atoms with van der Waals surface area (Å²) in [7, 11) is 0. The zero-order valence-electron chi connectivity index (χ0n) is 12.9. The Kier molecular flexibility index (Phi) is 8.43. The Morgan fingerprint density at radius 3 is 2.45 bits per heavy atom. The molecule has 0 fully saturated rings. The molecule has 0 amide bonds. The zero-order valence-corrected chi connectivity index (χ0v) is 14.5. The smallest absolute Gasteiger partial charge is 0.0987 e. The third-order valence-electron chi connectivity index (χ3n) is 3.53. The van der Waals surface area contributed by atoms with Crippen molar-refractivity contribution < 1.29 is 4.74 Å². The van der Waals surface area contributed by atoms with Crippen LogP contribution in [0.3, 0.4) is 0 Å². The van der Waals surface area contributed by atoms with Crippen LogP contribution >= 0.6 is 15.9 Å². The number of unbranched alkanes of at least 4 members (excludes halogenated alkanes) is 3. The quantitative estimate of drug-likeness (QED) is 0.625. The molecule has 0 bridgehead atoms. The molecule has 2 N–H and O–H groups in total. The molecule has 3 unspecified atom stereocenters. The Bertz CT molecular complexity index is 381. The summed E-state index contributed by atoms with van der Waals surface area (Å²) in [6.07, 6.45) is 6.41. The minimum absolute atomic E-state index is 0.0215. The molecule has 2 nitrogen and oxygen atoms in total. The summed E-state index contributed by atoms with van der Waals surface area (Å²) in [6, 6.07) is 8.15. The van der Waals surface area contributed by atoms with E-state index < -0.39 is 0 Å². The number of ether oxygens (including phenoxy) is 1. The van der Waals surface area contributed by atoms with Gasteiger partial charge in [0.2, 0.25) is 0 Å². The van der Waals surface area contributed by atoms with Crippen molar-refractivity contribution in [3.63, 3.8) is 0 Å². The summed E-state index contributed by atoms with van der Waals surface area (Å²) in [5, 5.41) is 0. The monoisotopic (exact) mass is 341 g/mol. The largest absolute Gasteiger partial charge is 0.369 e. The summed E-state index contributed by atoms with van der Waals surface area (Å²) in [5.74, 6) is 0. The molecule has 1 aromatic rings. The fourth-order valence-corrected chi connectivity index (χ4v) is 2.87. The van der Waals surface area contributed by atoms with E-state index in [1.165, 1.54) is 25.7 Å². The second-order valence-electron chi connectivity index (χ2n) is 5.60. The number of hydrogen-bond donors (Lipinski definition) is 1. The SMILES string of the molecule is CCCCCCC(C)OC(c1ccccc1Br)C(C)N. The second-order valence-corrected chi connectivity index (χ2v) is 6.45. The Labute approximate surface area is 132 Å². The lowest BCUT2D eigenvalue weighted by Gasteiger charge is -2.26. The first-order chi connectivity index (χ1) is 9.56. The standard InChI is InChI=1S/C17H28BrNO/c1-4-5-6-7-10-13(2)20-17(14(3)19)15-11-8-9-12-16(15)18/h8-9,11-14,17H,4-7,10,19H2,1-3H3. The molecule has 0 saturated heterocycles. The highest BCUT2D eigenvalue weighted by molar-refractivity contribution is 9.10. The lowest BCUT2D eigenvalue weighted by molar-refractivity contribution is -0.0198. The van der Waals surface area contributed by atoms with Crippen LogP contribution in [0.5, 0.6) is 0 Å². The van der Waals surface area contributed by atoms with E-state index >= 15 is 0 Å². The Hall–Kier alpha value is -0.380. The number of hydrogen-bond acceptors (Lipinski definition) is 2. The summed E-state index contributed by atoms with van der Waals surface area (Å²) < 4.78 is 7.27. The van der Waals surface area contributed by atoms with Crippen LogP contribution in [0.25, 0.3) is 0 Å². The van der Waals surface area contributed by atoms with Crippen molar-refractivity contribution in [1.82, 2.24) is 0 Å². The highest BCUT2D eigenvalue weighted by Gasteiger charge is 2.21. The van der Waals surface area contributed by atoms with E-state index in [1.807, 2.05) is 25.1 Å². The number of rotatable bonds is 9. The van der Waals surface area contributed by atoms with Crippen molar-refractivity contribution in [2.24, 2.45) is 5.73 Å². The van der Waals surface area contributed by atoms with Gasteiger partial charge in [-0.05, 0) is 31.9 Å². The van der Waals surface area contributed by atoms with Crippen LogP contribution in [-0.2, 0) is 4.74 Å². The van der Waals surface area contributed by atoms with E-state index in [4.69, 9.17) is 10.5 Å². The van der Waals surface area contributed by atoms with Gasteiger partial charge in [-0.25, -0.2) is 0 Å². The summed E-state index contributed by atoms with van der Waals surface area (Å²) in [4.78, 5) is 0. The van der Waals surface area contributed by atoms with Gasteiger partial charge in [0.05, 0.1) is 12.2 Å². The van der Waals surface area contributed by atoms with Gasteiger partial charge in [0, 0.05) is 10.5 Å². The first-order valence-electron chi connectivity index (χ1n) is 7.71. The van der Waals surface area contributed by atoms with Gasteiger partial charge < -0.3 is 10.5 Å². The average Bonchev–Trinajstić information content (AvgIpc) is 2.42. The summed E-state index contributed by atoms with van der Waals surface area (Å²) in [5.41, 5.74) is 7.26. The fraction of sp³-hybridized carbons (Fsp3) is 0.647. The van der Waals surface area contributed by atoms with Crippen LogP contribution < -0.4 is 5.73 Å². The van der Waals surface area contributed by atoms with Crippen LogP contribution in [-0.4, -0.2) is 12.1 Å². The van der Waals surface area contributed by atoms with Crippen LogP contribution in [0.4, 0.5) is 0 Å². The van der Waals surface area contributed by atoms with Crippen molar-refractivity contribution >= 4 is 15.9 Å². The van der Waals surface area contributed by atoms with Gasteiger partial charge in [0.1, 0.15) is 0 Å². The van der Waals surface area contributed by atoms with Gasteiger partial charge in [-0.2, -0.15) is 0 Å². The summed E-state index contributed by atoms with van der Waals surface area (Å²) >= 11 is 3.59. The van der Waals surface area contributed by atoms with Crippen LogP contribution in [0.2, 0.25) is 0 Å². The predicted octanol–water partition coefficient (Wildman–Crippen LogP) is 5.21. The number of benzene rings is 1. The Balaban J connectivity index is 2.57. The molecule has 0 aliphatic rings. The highest BCUT2D eigenvalue weighted by atomic mass is 79.9. The predicted molar refractivity (Wildman–Crippen MR) is 89.8 cm³/mol. The van der Waals surface area contributed by atoms with Crippen molar-refractivity contribution in [1.29, 1.82) is 0 Å². The molecule has 0 aliphatic carbocycles. The maximum Gasteiger partial charge on any atom is 0.0987 e. The molecule has 0 saturated carbocycles. The van der Waals surface area contributed by atoms with Crippen LogP contribution in [0.1, 0.15) is 64.5 Å². The van der Waals surface area contributed by atoms with Crippen LogP contribution in [0.15, 0.2) is 28.7 Å². The zero-order chi connectivity index (χ0) is 15.0. The van der Waals surface area contributed by atoms with Gasteiger partial charge >= 0.3 is 0 Å². The molecule has 0 spiro atoms. The molecule has 0 radical (unpaired) electrons. The molecule has 1 rings (SSSR count). The van der Waals surface area contributed by atoms with E-state index in [2.05, 4.69) is 35.8 Å². The molecule has 3 atom stereocenters. The van der Waals surface area contributed by atoms with E-state index in [0.717, 1.165) is 16.5 Å². The Morgan fingerprint density at radius 2 is 1.85 bits per heavy atom. The average molecular weight is 342 g/mol. The molecule has 0 aromatic heterocycles. The van der Waals surface area contributed by atoms with Crippen molar-refractivity contribution in [2.45, 2.75) is 71.1 Å². The Morgan fingerprint density at radius 1 is 1.15 bits per heavy atom. The molecule has 20 heavy (non-hydrogen) atoms.